The minimum Gasteiger partial charge on any atom is -0.493 e. The summed E-state index contributed by atoms with van der Waals surface area (Å²) in [7, 11) is 8.60. The number of nitrogens with zero attached hydrogens (tertiary/aromatic N) is 2. The molecule has 0 heterocycles. The van der Waals surface area contributed by atoms with E-state index in [9.17, 15) is 29.4 Å². The van der Waals surface area contributed by atoms with Crippen LogP contribution in [-0.4, -0.2) is 125 Å². The van der Waals surface area contributed by atoms with Crippen molar-refractivity contribution in [1.82, 2.24) is 9.80 Å². The van der Waals surface area contributed by atoms with E-state index in [0.29, 0.717) is 45.6 Å². The molecule has 16 heteroatoms. The molecule has 2 aromatic rings. The second-order valence-electron chi connectivity index (χ2n) is 10.6. The van der Waals surface area contributed by atoms with Crippen LogP contribution >= 0.6 is 0 Å². The van der Waals surface area contributed by atoms with Crippen LogP contribution in [0.2, 0.25) is 0 Å². The molecule has 0 bridgehead atoms. The molecule has 0 unspecified atom stereocenters. The molecular weight excluding hydrogens is 636 g/mol. The quantitative estimate of drug-likeness (QED) is 0.182. The first kappa shape index (κ1) is 39.2. The van der Waals surface area contributed by atoms with Crippen molar-refractivity contribution in [3.63, 3.8) is 0 Å². The third-order valence-electron chi connectivity index (χ3n) is 7.19. The monoisotopic (exact) mass is 680 g/mol. The topological polar surface area (TPSA) is 189 Å². The van der Waals surface area contributed by atoms with Crippen molar-refractivity contribution in [2.24, 2.45) is 0 Å². The second kappa shape index (κ2) is 18.4. The lowest BCUT2D eigenvalue weighted by molar-refractivity contribution is -0.160. The van der Waals surface area contributed by atoms with Crippen molar-refractivity contribution in [3.8, 4) is 34.5 Å². The first-order valence-electron chi connectivity index (χ1n) is 14.5. The van der Waals surface area contributed by atoms with E-state index in [1.807, 2.05) is 0 Å². The average Bonchev–Trinajstić information content (AvgIpc) is 3.03. The van der Waals surface area contributed by atoms with E-state index in [1.165, 1.54) is 66.3 Å². The summed E-state index contributed by atoms with van der Waals surface area (Å²) in [4.78, 5) is 51.8. The summed E-state index contributed by atoms with van der Waals surface area (Å²) in [6.07, 6.45) is 0. The maximum absolute atomic E-state index is 12.4. The van der Waals surface area contributed by atoms with Gasteiger partial charge < -0.3 is 48.1 Å². The van der Waals surface area contributed by atoms with Crippen LogP contribution in [0.15, 0.2) is 24.3 Å². The Kier molecular flexibility index (Phi) is 15.0. The summed E-state index contributed by atoms with van der Waals surface area (Å²) in [6, 6.07) is 6.51. The van der Waals surface area contributed by atoms with Gasteiger partial charge in [0.15, 0.2) is 23.0 Å². The lowest BCUT2D eigenvalue weighted by atomic mass is 9.95. The van der Waals surface area contributed by atoms with Gasteiger partial charge in [0.25, 0.3) is 0 Å². The number of carbonyl (C=O) groups excluding carboxylic acids is 2. The van der Waals surface area contributed by atoms with Gasteiger partial charge in [-0.2, -0.15) is 0 Å². The van der Waals surface area contributed by atoms with E-state index in [2.05, 4.69) is 0 Å². The molecular formula is C32H44N2O14. The van der Waals surface area contributed by atoms with Gasteiger partial charge in [-0.25, -0.2) is 0 Å². The molecule has 16 nitrogen and oxygen atoms in total. The summed E-state index contributed by atoms with van der Waals surface area (Å²) in [5.74, 6) is -1.99. The van der Waals surface area contributed by atoms with E-state index in [4.69, 9.17) is 37.9 Å². The van der Waals surface area contributed by atoms with Crippen molar-refractivity contribution >= 4 is 23.9 Å². The number of rotatable bonds is 21. The van der Waals surface area contributed by atoms with Crippen molar-refractivity contribution in [3.05, 3.63) is 35.4 Å². The van der Waals surface area contributed by atoms with Gasteiger partial charge in [0, 0.05) is 33.5 Å². The molecule has 0 spiro atoms. The Labute approximate surface area is 278 Å². The molecule has 2 rings (SSSR count). The van der Waals surface area contributed by atoms with Crippen LogP contribution in [0.1, 0.15) is 25.0 Å². The zero-order chi connectivity index (χ0) is 36.0. The minimum atomic E-state index is -1.60. The lowest BCUT2D eigenvalue weighted by Gasteiger charge is -2.44. The Morgan fingerprint density at radius 3 is 1.29 bits per heavy atom. The molecule has 0 atom stereocenters. The smallest absolute Gasteiger partial charge is 0.317 e. The van der Waals surface area contributed by atoms with Crippen LogP contribution in [-0.2, 0) is 41.7 Å². The van der Waals surface area contributed by atoms with Crippen LogP contribution in [0.3, 0.4) is 0 Å². The van der Waals surface area contributed by atoms with Crippen molar-refractivity contribution in [2.45, 2.75) is 32.5 Å². The lowest BCUT2D eigenvalue weighted by Crippen LogP contribution is -2.62. The first-order chi connectivity index (χ1) is 22.8. The van der Waals surface area contributed by atoms with Crippen molar-refractivity contribution < 1.29 is 67.3 Å². The SMILES string of the molecule is COc1cc(CN(CC(=O)O)CC(COC(C)=O)(COC(C)=O)N(CC(=O)O)Cc2cc(OC)c(OC)c(OC)c2)cc(OC)c1OC. The third kappa shape index (κ3) is 10.8. The van der Waals surface area contributed by atoms with Gasteiger partial charge >= 0.3 is 23.9 Å². The second-order valence-corrected chi connectivity index (χ2v) is 10.6. The Hall–Kier alpha value is -4.96. The summed E-state index contributed by atoms with van der Waals surface area (Å²) in [6.45, 7) is -0.198. The number of carboxylic acids is 2. The normalized spacial score (nSPS) is 11.1. The van der Waals surface area contributed by atoms with E-state index < -0.39 is 55.7 Å². The Morgan fingerprint density at radius 2 is 0.979 bits per heavy atom. The largest absolute Gasteiger partial charge is 0.493 e. The van der Waals surface area contributed by atoms with Gasteiger partial charge in [-0.05, 0) is 35.4 Å². The van der Waals surface area contributed by atoms with Gasteiger partial charge in [-0.15, -0.1) is 0 Å². The molecule has 0 aromatic heterocycles. The summed E-state index contributed by atoms with van der Waals surface area (Å²) >= 11 is 0. The average molecular weight is 681 g/mol. The predicted molar refractivity (Wildman–Crippen MR) is 169 cm³/mol. The fourth-order valence-corrected chi connectivity index (χ4v) is 5.15. The number of hydrogen-bond donors (Lipinski definition) is 2. The number of benzene rings is 2. The van der Waals surface area contributed by atoms with E-state index in [-0.39, 0.29) is 19.6 Å². The fourth-order valence-electron chi connectivity index (χ4n) is 5.15. The Bertz CT molecular complexity index is 1360. The van der Waals surface area contributed by atoms with Gasteiger partial charge in [-0.3, -0.25) is 29.0 Å². The number of aliphatic carboxylic acids is 2. The number of hydrogen-bond acceptors (Lipinski definition) is 14. The number of esters is 2. The fraction of sp³-hybridized carbons (Fsp3) is 0.500. The van der Waals surface area contributed by atoms with Crippen LogP contribution in [0, 0.1) is 0 Å². The Morgan fingerprint density at radius 1 is 0.604 bits per heavy atom. The molecule has 0 aliphatic heterocycles. The molecule has 0 aliphatic carbocycles. The van der Waals surface area contributed by atoms with Crippen molar-refractivity contribution in [2.75, 3.05) is 75.5 Å². The molecule has 0 radical (unpaired) electrons. The van der Waals surface area contributed by atoms with Crippen LogP contribution in [0.4, 0.5) is 0 Å². The van der Waals surface area contributed by atoms with Crippen LogP contribution < -0.4 is 28.4 Å². The van der Waals surface area contributed by atoms with Crippen molar-refractivity contribution in [1.29, 1.82) is 0 Å². The zero-order valence-corrected chi connectivity index (χ0v) is 28.4. The molecule has 266 valence electrons. The number of methoxy groups -OCH3 is 6. The van der Waals surface area contributed by atoms with E-state index in [0.717, 1.165) is 0 Å². The highest BCUT2D eigenvalue weighted by molar-refractivity contribution is 5.70. The van der Waals surface area contributed by atoms with E-state index >= 15 is 0 Å². The standard InChI is InChI=1S/C32H44N2O14/c1-20(35)47-18-32(19-48-21(2)36,34(16-29(39)40)14-23-11-26(43-5)31(46-8)27(12-23)44-6)17-33(15-28(37)38)13-22-9-24(41-3)30(45-7)25(10-22)42-4/h9-12H,13-19H2,1-8H3,(H,37,38)(H,39,40). The summed E-state index contributed by atoms with van der Waals surface area (Å²) in [5, 5.41) is 20.0. The highest BCUT2D eigenvalue weighted by Crippen LogP contribution is 2.40. The highest BCUT2D eigenvalue weighted by Gasteiger charge is 2.43. The van der Waals surface area contributed by atoms with Gasteiger partial charge in [0.05, 0.1) is 55.7 Å². The molecule has 0 saturated carbocycles. The number of carboxylic acid groups (broad SMARTS) is 2. The predicted octanol–water partition coefficient (Wildman–Crippen LogP) is 2.08. The Balaban J connectivity index is 2.79. The number of ether oxygens (including phenoxy) is 8. The van der Waals surface area contributed by atoms with Crippen LogP contribution in [0.5, 0.6) is 34.5 Å². The minimum absolute atomic E-state index is 0.0317. The maximum Gasteiger partial charge on any atom is 0.317 e. The van der Waals surface area contributed by atoms with Gasteiger partial charge in [0.2, 0.25) is 11.5 Å². The third-order valence-corrected chi connectivity index (χ3v) is 7.19. The molecule has 2 aromatic carbocycles. The first-order valence-corrected chi connectivity index (χ1v) is 14.5. The maximum atomic E-state index is 12.4. The summed E-state index contributed by atoms with van der Waals surface area (Å²) in [5.41, 5.74) is -0.559. The highest BCUT2D eigenvalue weighted by atomic mass is 16.6. The van der Waals surface area contributed by atoms with Gasteiger partial charge in [-0.1, -0.05) is 0 Å². The molecule has 0 amide bonds. The number of carbonyl (C=O) groups is 4. The molecule has 2 N–H and O–H groups in total. The molecule has 0 fully saturated rings. The van der Waals surface area contributed by atoms with Crippen LogP contribution in [0.25, 0.3) is 0 Å². The molecule has 0 aliphatic rings. The summed E-state index contributed by atoms with van der Waals surface area (Å²) < 4.78 is 43.6. The molecule has 0 saturated heterocycles. The van der Waals surface area contributed by atoms with E-state index in [1.54, 1.807) is 24.3 Å². The van der Waals surface area contributed by atoms with Gasteiger partial charge in [0.1, 0.15) is 18.8 Å². The zero-order valence-electron chi connectivity index (χ0n) is 28.4. The molecule has 48 heavy (non-hydrogen) atoms.